The molecule has 2 rings (SSSR count). The topological polar surface area (TPSA) is 82.3 Å². The normalized spacial score (nSPS) is 9.76. The minimum absolute atomic E-state index is 0.108. The van der Waals surface area contributed by atoms with E-state index in [9.17, 15) is 9.90 Å². The van der Waals surface area contributed by atoms with Crippen molar-refractivity contribution in [2.75, 3.05) is 12.4 Å². The minimum Gasteiger partial charge on any atom is -0.504 e. The monoisotopic (exact) mass is 282 g/mol. The summed E-state index contributed by atoms with van der Waals surface area (Å²) in [7, 11) is 1.41. The van der Waals surface area contributed by atoms with Gasteiger partial charge < -0.3 is 15.2 Å². The molecular formula is C16H14N2O3. The Morgan fingerprint density at radius 1 is 1.33 bits per heavy atom. The molecule has 0 aliphatic rings. The van der Waals surface area contributed by atoms with Crippen LogP contribution in [0, 0.1) is 18.3 Å². The maximum atomic E-state index is 12.2. The van der Waals surface area contributed by atoms with Crippen LogP contribution in [0.4, 0.5) is 5.69 Å². The molecule has 0 bridgehead atoms. The zero-order valence-corrected chi connectivity index (χ0v) is 11.7. The van der Waals surface area contributed by atoms with Gasteiger partial charge in [0, 0.05) is 5.69 Å². The van der Waals surface area contributed by atoms with Crippen LogP contribution in [-0.2, 0) is 0 Å². The molecule has 0 radical (unpaired) electrons. The van der Waals surface area contributed by atoms with Gasteiger partial charge in [0.2, 0.25) is 0 Å². The largest absolute Gasteiger partial charge is 0.504 e. The minimum atomic E-state index is -0.468. The third-order valence-electron chi connectivity index (χ3n) is 3.08. The van der Waals surface area contributed by atoms with Crippen LogP contribution in [-0.4, -0.2) is 18.1 Å². The number of anilines is 1. The summed E-state index contributed by atoms with van der Waals surface area (Å²) in [6.45, 7) is 1.82. The lowest BCUT2D eigenvalue weighted by Crippen LogP contribution is -2.13. The lowest BCUT2D eigenvalue weighted by atomic mass is 10.1. The van der Waals surface area contributed by atoms with Gasteiger partial charge in [-0.2, -0.15) is 5.26 Å². The number of hydrogen-bond donors (Lipinski definition) is 2. The number of para-hydroxylation sites is 1. The Morgan fingerprint density at radius 3 is 2.76 bits per heavy atom. The number of phenolic OH excluding ortho intramolecular Hbond substituents is 1. The van der Waals surface area contributed by atoms with Gasteiger partial charge in [-0.25, -0.2) is 0 Å². The molecule has 0 unspecified atom stereocenters. The molecule has 0 aliphatic heterocycles. The van der Waals surface area contributed by atoms with Gasteiger partial charge in [0.05, 0.1) is 24.3 Å². The first-order valence-corrected chi connectivity index (χ1v) is 6.25. The number of carbonyl (C=O) groups is 1. The predicted molar refractivity (Wildman–Crippen MR) is 78.5 cm³/mol. The second kappa shape index (κ2) is 5.97. The number of aryl methyl sites for hydroxylation is 1. The molecular weight excluding hydrogens is 268 g/mol. The van der Waals surface area contributed by atoms with E-state index in [1.165, 1.54) is 13.2 Å². The van der Waals surface area contributed by atoms with Gasteiger partial charge in [0.1, 0.15) is 0 Å². The molecule has 1 amide bonds. The van der Waals surface area contributed by atoms with Gasteiger partial charge in [-0.3, -0.25) is 4.79 Å². The molecule has 0 heterocycles. The highest BCUT2D eigenvalue weighted by Crippen LogP contribution is 2.30. The molecule has 2 aromatic carbocycles. The van der Waals surface area contributed by atoms with Crippen molar-refractivity contribution in [3.05, 3.63) is 53.1 Å². The van der Waals surface area contributed by atoms with Gasteiger partial charge in [0.15, 0.2) is 11.5 Å². The Hall–Kier alpha value is -3.00. The van der Waals surface area contributed by atoms with E-state index in [0.717, 1.165) is 5.56 Å². The van der Waals surface area contributed by atoms with E-state index < -0.39 is 5.91 Å². The van der Waals surface area contributed by atoms with E-state index in [1.807, 2.05) is 13.0 Å². The Labute approximate surface area is 122 Å². The van der Waals surface area contributed by atoms with Crippen LogP contribution in [0.2, 0.25) is 0 Å². The van der Waals surface area contributed by atoms with Gasteiger partial charge >= 0.3 is 0 Å². The van der Waals surface area contributed by atoms with E-state index in [1.54, 1.807) is 30.3 Å². The maximum absolute atomic E-state index is 12.2. The van der Waals surface area contributed by atoms with Crippen LogP contribution >= 0.6 is 0 Å². The van der Waals surface area contributed by atoms with E-state index in [0.29, 0.717) is 11.3 Å². The number of hydrogen-bond acceptors (Lipinski definition) is 4. The van der Waals surface area contributed by atoms with Crippen LogP contribution in [0.25, 0.3) is 0 Å². The van der Waals surface area contributed by atoms with Crippen LogP contribution in [0.1, 0.15) is 21.5 Å². The van der Waals surface area contributed by atoms with Crippen molar-refractivity contribution in [2.45, 2.75) is 6.92 Å². The summed E-state index contributed by atoms with van der Waals surface area (Å²) in [6.07, 6.45) is 0. The number of rotatable bonds is 3. The van der Waals surface area contributed by atoms with E-state index in [4.69, 9.17) is 10.00 Å². The summed E-state index contributed by atoms with van der Waals surface area (Å²) in [5, 5.41) is 21.6. The van der Waals surface area contributed by atoms with Crippen LogP contribution in [0.5, 0.6) is 11.5 Å². The van der Waals surface area contributed by atoms with Crippen molar-refractivity contribution in [2.24, 2.45) is 0 Å². The number of nitrogens with zero attached hydrogens (tertiary/aromatic N) is 1. The lowest BCUT2D eigenvalue weighted by molar-refractivity contribution is 0.102. The Morgan fingerprint density at radius 2 is 2.10 bits per heavy atom. The third-order valence-corrected chi connectivity index (χ3v) is 3.08. The van der Waals surface area contributed by atoms with Crippen LogP contribution in [0.3, 0.4) is 0 Å². The zero-order chi connectivity index (χ0) is 15.4. The molecule has 0 saturated carbocycles. The molecule has 0 aromatic heterocycles. The number of nitrogens with one attached hydrogen (secondary N) is 1. The average Bonchev–Trinajstić information content (AvgIpc) is 2.49. The van der Waals surface area contributed by atoms with Crippen molar-refractivity contribution >= 4 is 11.6 Å². The molecule has 0 saturated heterocycles. The molecule has 0 aliphatic carbocycles. The highest BCUT2D eigenvalue weighted by molar-refractivity contribution is 6.07. The fourth-order valence-corrected chi connectivity index (χ4v) is 1.89. The summed E-state index contributed by atoms with van der Waals surface area (Å²) >= 11 is 0. The number of methoxy groups -OCH3 is 1. The van der Waals surface area contributed by atoms with Crippen molar-refractivity contribution in [3.63, 3.8) is 0 Å². The maximum Gasteiger partial charge on any atom is 0.259 e. The number of ether oxygens (including phenoxy) is 1. The summed E-state index contributed by atoms with van der Waals surface area (Å²) in [5.41, 5.74) is 1.91. The van der Waals surface area contributed by atoms with Crippen molar-refractivity contribution in [3.8, 4) is 17.6 Å². The molecule has 0 spiro atoms. The van der Waals surface area contributed by atoms with Crippen molar-refractivity contribution in [1.82, 2.24) is 0 Å². The number of aromatic hydroxyl groups is 1. The Bertz CT molecular complexity index is 733. The first-order valence-electron chi connectivity index (χ1n) is 6.25. The lowest BCUT2D eigenvalue weighted by Gasteiger charge is -2.11. The predicted octanol–water partition coefficient (Wildman–Crippen LogP) is 2.83. The van der Waals surface area contributed by atoms with Gasteiger partial charge in [-0.05, 0) is 36.8 Å². The molecule has 106 valence electrons. The van der Waals surface area contributed by atoms with Crippen LogP contribution < -0.4 is 10.1 Å². The number of benzene rings is 2. The Balaban J connectivity index is 2.33. The number of nitriles is 1. The second-order valence-electron chi connectivity index (χ2n) is 4.45. The second-order valence-corrected chi connectivity index (χ2v) is 4.45. The summed E-state index contributed by atoms with van der Waals surface area (Å²) in [5.74, 6) is -0.457. The first-order chi connectivity index (χ1) is 10.1. The fourth-order valence-electron chi connectivity index (χ4n) is 1.89. The summed E-state index contributed by atoms with van der Waals surface area (Å²) in [4.78, 5) is 12.2. The molecule has 2 N–H and O–H groups in total. The third kappa shape index (κ3) is 2.95. The number of phenols is 1. The molecule has 5 heteroatoms. The highest BCUT2D eigenvalue weighted by Gasteiger charge is 2.15. The SMILES string of the molecule is COc1cccc(C(=O)Nc2cc(C#N)ccc2C)c1O. The summed E-state index contributed by atoms with van der Waals surface area (Å²) < 4.78 is 4.97. The van der Waals surface area contributed by atoms with Crippen molar-refractivity contribution in [1.29, 1.82) is 5.26 Å². The Kier molecular flexibility index (Phi) is 4.10. The smallest absolute Gasteiger partial charge is 0.259 e. The first kappa shape index (κ1) is 14.4. The zero-order valence-electron chi connectivity index (χ0n) is 11.7. The molecule has 21 heavy (non-hydrogen) atoms. The van der Waals surface area contributed by atoms with Gasteiger partial charge in [0.25, 0.3) is 5.91 Å². The standard InChI is InChI=1S/C16H14N2O3/c1-10-6-7-11(9-17)8-13(10)18-16(20)12-4-3-5-14(21-2)15(12)19/h3-8,19H,1-2H3,(H,18,20). The quantitative estimate of drug-likeness (QED) is 0.906. The molecule has 0 atom stereocenters. The number of carbonyl (C=O) groups excluding carboxylic acids is 1. The van der Waals surface area contributed by atoms with Crippen LogP contribution in [0.15, 0.2) is 36.4 Å². The molecule has 0 fully saturated rings. The van der Waals surface area contributed by atoms with Crippen molar-refractivity contribution < 1.29 is 14.6 Å². The van der Waals surface area contributed by atoms with E-state index >= 15 is 0 Å². The summed E-state index contributed by atoms with van der Waals surface area (Å²) in [6, 6.07) is 11.7. The van der Waals surface area contributed by atoms with E-state index in [2.05, 4.69) is 5.32 Å². The highest BCUT2D eigenvalue weighted by atomic mass is 16.5. The van der Waals surface area contributed by atoms with Gasteiger partial charge in [-0.15, -0.1) is 0 Å². The number of amides is 1. The van der Waals surface area contributed by atoms with Gasteiger partial charge in [-0.1, -0.05) is 12.1 Å². The van der Waals surface area contributed by atoms with E-state index in [-0.39, 0.29) is 17.1 Å². The fraction of sp³-hybridized carbons (Fsp3) is 0.125. The average molecular weight is 282 g/mol. The molecule has 2 aromatic rings. The molecule has 5 nitrogen and oxygen atoms in total.